The van der Waals surface area contributed by atoms with Crippen LogP contribution in [0.3, 0.4) is 0 Å². The summed E-state index contributed by atoms with van der Waals surface area (Å²) in [7, 11) is 1.70. The van der Waals surface area contributed by atoms with Crippen molar-refractivity contribution in [2.75, 3.05) is 5.32 Å². The highest BCUT2D eigenvalue weighted by Crippen LogP contribution is 2.29. The molecule has 1 heterocycles. The van der Waals surface area contributed by atoms with Crippen molar-refractivity contribution in [3.63, 3.8) is 0 Å². The minimum absolute atomic E-state index is 0.427. The average Bonchev–Trinajstić information content (AvgIpc) is 3.15. The molecule has 0 fully saturated rings. The summed E-state index contributed by atoms with van der Waals surface area (Å²) in [6, 6.07) is 16.2. The number of hydrogen-bond donors (Lipinski definition) is 1. The van der Waals surface area contributed by atoms with Gasteiger partial charge in [0.15, 0.2) is 0 Å². The molecule has 4 rings (SSSR count). The lowest BCUT2D eigenvalue weighted by Gasteiger charge is -2.10. The number of hydrogen-bond acceptors (Lipinski definition) is 4. The largest absolute Gasteiger partial charge is 0.322 e. The standard InChI is InChI=1S/C22H17F2N5O/c1-13-6-7-15(21-26-28-29(2)27-21)12-17(13)14-8-10-16(11-9-14)25-22(30)20-18(23)4-3-5-19(20)24/h3-12H,1-2H3,(H,25,30). The van der Waals surface area contributed by atoms with Gasteiger partial charge in [-0.25, -0.2) is 8.78 Å². The van der Waals surface area contributed by atoms with Crippen molar-refractivity contribution < 1.29 is 13.6 Å². The predicted octanol–water partition coefficient (Wildman–Crippen LogP) is 4.38. The molecule has 0 unspecified atom stereocenters. The molecule has 0 bridgehead atoms. The number of nitrogens with zero attached hydrogens (tertiary/aromatic N) is 4. The van der Waals surface area contributed by atoms with Gasteiger partial charge in [0.25, 0.3) is 5.91 Å². The first-order chi connectivity index (χ1) is 14.4. The Labute approximate surface area is 171 Å². The number of aromatic nitrogens is 4. The second-order valence-electron chi connectivity index (χ2n) is 6.76. The Morgan fingerprint density at radius 1 is 0.967 bits per heavy atom. The zero-order chi connectivity index (χ0) is 21.3. The number of benzene rings is 3. The van der Waals surface area contributed by atoms with Gasteiger partial charge in [-0.1, -0.05) is 30.3 Å². The maximum atomic E-state index is 13.8. The average molecular weight is 405 g/mol. The van der Waals surface area contributed by atoms with Crippen LogP contribution >= 0.6 is 0 Å². The minimum Gasteiger partial charge on any atom is -0.322 e. The third-order valence-corrected chi connectivity index (χ3v) is 4.65. The van der Waals surface area contributed by atoms with E-state index in [1.165, 1.54) is 10.9 Å². The fourth-order valence-electron chi connectivity index (χ4n) is 3.11. The lowest BCUT2D eigenvalue weighted by atomic mass is 9.97. The number of tetrazole rings is 1. The molecule has 0 radical (unpaired) electrons. The third kappa shape index (κ3) is 3.80. The molecule has 0 atom stereocenters. The Kier molecular flexibility index (Phi) is 5.05. The molecule has 0 saturated carbocycles. The van der Waals surface area contributed by atoms with E-state index in [-0.39, 0.29) is 0 Å². The van der Waals surface area contributed by atoms with Gasteiger partial charge in [0, 0.05) is 11.3 Å². The number of nitrogens with one attached hydrogen (secondary N) is 1. The maximum Gasteiger partial charge on any atom is 0.261 e. The van der Waals surface area contributed by atoms with E-state index < -0.39 is 23.1 Å². The molecule has 1 N–H and O–H groups in total. The van der Waals surface area contributed by atoms with E-state index in [0.29, 0.717) is 11.5 Å². The molecule has 0 aliphatic heterocycles. The summed E-state index contributed by atoms with van der Waals surface area (Å²) in [4.78, 5) is 13.6. The van der Waals surface area contributed by atoms with Gasteiger partial charge in [-0.3, -0.25) is 4.79 Å². The number of rotatable bonds is 4. The summed E-state index contributed by atoms with van der Waals surface area (Å²) in [5.41, 5.74) is 3.58. The Morgan fingerprint density at radius 3 is 2.27 bits per heavy atom. The van der Waals surface area contributed by atoms with Crippen LogP contribution in [0.25, 0.3) is 22.5 Å². The first-order valence-corrected chi connectivity index (χ1v) is 9.13. The molecule has 150 valence electrons. The van der Waals surface area contributed by atoms with Crippen LogP contribution in [0.1, 0.15) is 15.9 Å². The number of halogens is 2. The number of carbonyl (C=O) groups excluding carboxylic acids is 1. The third-order valence-electron chi connectivity index (χ3n) is 4.65. The molecule has 0 spiro atoms. The number of anilines is 1. The summed E-state index contributed by atoms with van der Waals surface area (Å²) in [6.45, 7) is 1.99. The molecular weight excluding hydrogens is 388 g/mol. The minimum atomic E-state index is -0.908. The number of aryl methyl sites for hydroxylation is 2. The molecule has 0 aliphatic carbocycles. The van der Waals surface area contributed by atoms with E-state index in [0.717, 1.165) is 34.4 Å². The smallest absolute Gasteiger partial charge is 0.261 e. The van der Waals surface area contributed by atoms with Crippen molar-refractivity contribution >= 4 is 11.6 Å². The monoisotopic (exact) mass is 405 g/mol. The van der Waals surface area contributed by atoms with Crippen molar-refractivity contribution in [3.8, 4) is 22.5 Å². The molecule has 0 aliphatic rings. The van der Waals surface area contributed by atoms with Crippen LogP contribution in [-0.4, -0.2) is 26.1 Å². The zero-order valence-electron chi connectivity index (χ0n) is 16.2. The van der Waals surface area contributed by atoms with Crippen LogP contribution in [0.15, 0.2) is 60.7 Å². The Balaban J connectivity index is 1.59. The van der Waals surface area contributed by atoms with E-state index in [9.17, 15) is 13.6 Å². The van der Waals surface area contributed by atoms with Gasteiger partial charge in [0.05, 0.1) is 7.05 Å². The van der Waals surface area contributed by atoms with Crippen molar-refractivity contribution in [3.05, 3.63) is 83.4 Å². The SMILES string of the molecule is Cc1ccc(-c2nnn(C)n2)cc1-c1ccc(NC(=O)c2c(F)cccc2F)cc1. The molecule has 1 aromatic heterocycles. The highest BCUT2D eigenvalue weighted by Gasteiger charge is 2.17. The molecule has 8 heteroatoms. The van der Waals surface area contributed by atoms with Crippen molar-refractivity contribution in [2.24, 2.45) is 7.05 Å². The quantitative estimate of drug-likeness (QED) is 0.547. The summed E-state index contributed by atoms with van der Waals surface area (Å²) in [5, 5.41) is 14.6. The Hall–Kier alpha value is -3.94. The van der Waals surface area contributed by atoms with E-state index in [1.54, 1.807) is 19.2 Å². The fourth-order valence-corrected chi connectivity index (χ4v) is 3.11. The van der Waals surface area contributed by atoms with Crippen LogP contribution in [0, 0.1) is 18.6 Å². The first kappa shape index (κ1) is 19.4. The maximum absolute atomic E-state index is 13.8. The van der Waals surface area contributed by atoms with Gasteiger partial charge in [-0.15, -0.1) is 10.2 Å². The van der Waals surface area contributed by atoms with E-state index >= 15 is 0 Å². The topological polar surface area (TPSA) is 72.7 Å². The van der Waals surface area contributed by atoms with Gasteiger partial charge in [0.2, 0.25) is 5.82 Å². The van der Waals surface area contributed by atoms with Gasteiger partial charge in [-0.2, -0.15) is 4.80 Å². The van der Waals surface area contributed by atoms with E-state index in [1.807, 2.05) is 37.3 Å². The number of amides is 1. The van der Waals surface area contributed by atoms with E-state index in [4.69, 9.17) is 0 Å². The molecule has 0 saturated heterocycles. The molecule has 3 aromatic carbocycles. The van der Waals surface area contributed by atoms with E-state index in [2.05, 4.69) is 20.7 Å². The summed E-state index contributed by atoms with van der Waals surface area (Å²) in [6.07, 6.45) is 0. The Morgan fingerprint density at radius 2 is 1.63 bits per heavy atom. The van der Waals surface area contributed by atoms with Crippen LogP contribution in [0.2, 0.25) is 0 Å². The zero-order valence-corrected chi connectivity index (χ0v) is 16.2. The lowest BCUT2D eigenvalue weighted by Crippen LogP contribution is -2.15. The van der Waals surface area contributed by atoms with Gasteiger partial charge < -0.3 is 5.32 Å². The fraction of sp³-hybridized carbons (Fsp3) is 0.0909. The van der Waals surface area contributed by atoms with Crippen LogP contribution in [0.5, 0.6) is 0 Å². The highest BCUT2D eigenvalue weighted by atomic mass is 19.1. The van der Waals surface area contributed by atoms with Crippen LogP contribution in [0.4, 0.5) is 14.5 Å². The molecule has 4 aromatic rings. The van der Waals surface area contributed by atoms with Crippen LogP contribution < -0.4 is 5.32 Å². The number of carbonyl (C=O) groups is 1. The molecule has 1 amide bonds. The van der Waals surface area contributed by atoms with Gasteiger partial charge in [-0.05, 0) is 59.2 Å². The second-order valence-corrected chi connectivity index (χ2v) is 6.76. The highest BCUT2D eigenvalue weighted by molar-refractivity contribution is 6.04. The summed E-state index contributed by atoms with van der Waals surface area (Å²) < 4.78 is 27.6. The van der Waals surface area contributed by atoms with Gasteiger partial charge >= 0.3 is 0 Å². The van der Waals surface area contributed by atoms with Crippen molar-refractivity contribution in [2.45, 2.75) is 6.92 Å². The Bertz CT molecular complexity index is 1210. The second kappa shape index (κ2) is 7.82. The summed E-state index contributed by atoms with van der Waals surface area (Å²) >= 11 is 0. The predicted molar refractivity (Wildman–Crippen MR) is 109 cm³/mol. The molecular formula is C22H17F2N5O. The lowest BCUT2D eigenvalue weighted by molar-refractivity contribution is 0.101. The summed E-state index contributed by atoms with van der Waals surface area (Å²) in [5.74, 6) is -2.14. The molecule has 30 heavy (non-hydrogen) atoms. The van der Waals surface area contributed by atoms with Crippen LogP contribution in [-0.2, 0) is 7.05 Å². The van der Waals surface area contributed by atoms with Crippen molar-refractivity contribution in [1.29, 1.82) is 0 Å². The van der Waals surface area contributed by atoms with Gasteiger partial charge in [0.1, 0.15) is 17.2 Å². The normalized spacial score (nSPS) is 10.8. The first-order valence-electron chi connectivity index (χ1n) is 9.13. The molecule has 6 nitrogen and oxygen atoms in total. The van der Waals surface area contributed by atoms with Crippen molar-refractivity contribution in [1.82, 2.24) is 20.2 Å².